The molecule has 5 rings (SSSR count). The van der Waals surface area contributed by atoms with E-state index >= 15 is 0 Å². The molecule has 2 aliphatic heterocycles. The van der Waals surface area contributed by atoms with E-state index in [1.165, 1.54) is 18.3 Å². The van der Waals surface area contributed by atoms with Gasteiger partial charge in [0.25, 0.3) is 11.8 Å². The van der Waals surface area contributed by atoms with Gasteiger partial charge in [-0.1, -0.05) is 24.3 Å². The van der Waals surface area contributed by atoms with E-state index in [0.717, 1.165) is 11.1 Å². The summed E-state index contributed by atoms with van der Waals surface area (Å²) in [4.78, 5) is 37.9. The molecule has 1 fully saturated rings. The van der Waals surface area contributed by atoms with Crippen LogP contribution in [0, 0.1) is 0 Å². The van der Waals surface area contributed by atoms with Crippen LogP contribution < -0.4 is 15.8 Å². The highest BCUT2D eigenvalue weighted by molar-refractivity contribution is 6.10. The predicted molar refractivity (Wildman–Crippen MR) is 118 cm³/mol. The van der Waals surface area contributed by atoms with Gasteiger partial charge in [-0.15, -0.1) is 0 Å². The van der Waals surface area contributed by atoms with Crippen molar-refractivity contribution in [2.24, 2.45) is 0 Å². The number of carboxylic acid groups (broad SMARTS) is 1. The Bertz CT molecular complexity index is 1390. The minimum atomic E-state index is -1.06. The van der Waals surface area contributed by atoms with Crippen LogP contribution in [0.2, 0.25) is 0 Å². The maximum absolute atomic E-state index is 12.7. The highest BCUT2D eigenvalue weighted by atomic mass is 16.5. The van der Waals surface area contributed by atoms with Crippen molar-refractivity contribution in [1.82, 2.24) is 10.2 Å². The first-order valence-corrected chi connectivity index (χ1v) is 10.3. The Morgan fingerprint density at radius 2 is 1.66 bits per heavy atom. The lowest BCUT2D eigenvalue weighted by molar-refractivity contribution is -0.114. The molecule has 3 aromatic rings. The van der Waals surface area contributed by atoms with Crippen LogP contribution in [0.15, 0.2) is 48.5 Å². The van der Waals surface area contributed by atoms with E-state index in [2.05, 4.69) is 5.32 Å². The van der Waals surface area contributed by atoms with Gasteiger partial charge in [0.05, 0.1) is 18.8 Å². The zero-order chi connectivity index (χ0) is 22.2. The summed E-state index contributed by atoms with van der Waals surface area (Å²) >= 11 is 0. The summed E-state index contributed by atoms with van der Waals surface area (Å²) in [5.41, 5.74) is 2.52. The third-order valence-electron chi connectivity index (χ3n) is 5.80. The van der Waals surface area contributed by atoms with Crippen LogP contribution >= 0.6 is 0 Å². The number of carbonyl (C=O) groups excluding carboxylic acids is 2. The second-order valence-electron chi connectivity index (χ2n) is 7.72. The Labute approximate surface area is 183 Å². The molecule has 0 aliphatic carbocycles. The maximum Gasteiger partial charge on any atom is 0.336 e. The molecule has 1 saturated heterocycles. The SMILES string of the molecule is O=C1C=c2cc(C(=O)O)c3ccc(-c4ccc(C(=O)N5CCOCC5)cc4)cc3c2=C[N]1. The molecule has 2 heterocycles. The number of hydrogen-bond acceptors (Lipinski definition) is 4. The first-order valence-electron chi connectivity index (χ1n) is 10.3. The van der Waals surface area contributed by atoms with Crippen LogP contribution in [0.3, 0.4) is 0 Å². The number of hydrogen-bond donors (Lipinski definition) is 1. The predicted octanol–water partition coefficient (Wildman–Crippen LogP) is 1.34. The molecule has 0 unspecified atom stereocenters. The summed E-state index contributed by atoms with van der Waals surface area (Å²) in [6.45, 7) is 2.28. The van der Waals surface area contributed by atoms with Crippen molar-refractivity contribution < 1.29 is 24.2 Å². The van der Waals surface area contributed by atoms with Gasteiger partial charge in [0.2, 0.25) is 0 Å². The van der Waals surface area contributed by atoms with Crippen LogP contribution in [0.25, 0.3) is 34.2 Å². The van der Waals surface area contributed by atoms with E-state index in [-0.39, 0.29) is 11.5 Å². The monoisotopic (exact) mass is 427 g/mol. The van der Waals surface area contributed by atoms with Gasteiger partial charge in [0, 0.05) is 36.1 Å². The lowest BCUT2D eigenvalue weighted by Crippen LogP contribution is -2.40. The minimum Gasteiger partial charge on any atom is -0.478 e. The van der Waals surface area contributed by atoms with E-state index in [1.807, 2.05) is 24.3 Å². The van der Waals surface area contributed by atoms with E-state index in [0.29, 0.717) is 53.1 Å². The largest absolute Gasteiger partial charge is 0.478 e. The number of aromatic carboxylic acids is 1. The van der Waals surface area contributed by atoms with Crippen LogP contribution in [-0.2, 0) is 9.53 Å². The summed E-state index contributed by atoms with van der Waals surface area (Å²) in [5.74, 6) is -1.49. The number of nitrogens with zero attached hydrogens (tertiary/aromatic N) is 2. The Morgan fingerprint density at radius 1 is 0.938 bits per heavy atom. The molecule has 2 amide bonds. The second kappa shape index (κ2) is 7.94. The minimum absolute atomic E-state index is 0.0186. The third kappa shape index (κ3) is 3.52. The molecule has 7 heteroatoms. The number of benzene rings is 3. The van der Waals surface area contributed by atoms with Crippen molar-refractivity contribution in [2.45, 2.75) is 0 Å². The molecule has 159 valence electrons. The molecule has 2 aliphatic rings. The summed E-state index contributed by atoms with van der Waals surface area (Å²) in [6.07, 6.45) is 2.83. The first kappa shape index (κ1) is 20.0. The Morgan fingerprint density at radius 3 is 2.38 bits per heavy atom. The number of carboxylic acids is 1. The lowest BCUT2D eigenvalue weighted by atomic mass is 9.95. The van der Waals surface area contributed by atoms with Crippen LogP contribution in [-0.4, -0.2) is 54.1 Å². The van der Waals surface area contributed by atoms with E-state index < -0.39 is 11.9 Å². The zero-order valence-electron chi connectivity index (χ0n) is 17.1. The van der Waals surface area contributed by atoms with Gasteiger partial charge in [-0.05, 0) is 51.4 Å². The summed E-state index contributed by atoms with van der Waals surface area (Å²) in [5, 5.41) is 16.0. The standard InChI is InChI=1S/C25H19N2O5/c28-23-13-18-12-21(25(30)31)19-6-5-17(11-20(19)22(18)14-26-23)15-1-3-16(4-2-15)24(29)27-7-9-32-10-8-27/h1-6,11-14H,7-10H2,(H,30,31). The third-order valence-corrected chi connectivity index (χ3v) is 5.80. The van der Waals surface area contributed by atoms with Crippen molar-refractivity contribution in [3.63, 3.8) is 0 Å². The van der Waals surface area contributed by atoms with Gasteiger partial charge in [-0.25, -0.2) is 10.1 Å². The van der Waals surface area contributed by atoms with E-state index in [9.17, 15) is 19.5 Å². The average molecular weight is 427 g/mol. The van der Waals surface area contributed by atoms with E-state index in [4.69, 9.17) is 4.74 Å². The van der Waals surface area contributed by atoms with Crippen molar-refractivity contribution in [2.75, 3.05) is 26.3 Å². The lowest BCUT2D eigenvalue weighted by Gasteiger charge is -2.26. The molecule has 1 N–H and O–H groups in total. The zero-order valence-corrected chi connectivity index (χ0v) is 17.1. The first-order chi connectivity index (χ1) is 15.5. The van der Waals surface area contributed by atoms with Gasteiger partial charge in [0.15, 0.2) is 0 Å². The number of carbonyl (C=O) groups is 3. The highest BCUT2D eigenvalue weighted by Gasteiger charge is 2.19. The van der Waals surface area contributed by atoms with Crippen LogP contribution in [0.1, 0.15) is 20.7 Å². The second-order valence-corrected chi connectivity index (χ2v) is 7.72. The van der Waals surface area contributed by atoms with Gasteiger partial charge in [-0.3, -0.25) is 9.59 Å². The molecule has 0 spiro atoms. The fourth-order valence-corrected chi connectivity index (χ4v) is 4.14. The van der Waals surface area contributed by atoms with Gasteiger partial charge in [-0.2, -0.15) is 0 Å². The Hall–Kier alpha value is -3.97. The molecule has 7 nitrogen and oxygen atoms in total. The van der Waals surface area contributed by atoms with Gasteiger partial charge in [0.1, 0.15) is 0 Å². The number of ether oxygens (including phenoxy) is 1. The number of morpholine rings is 1. The summed E-state index contributed by atoms with van der Waals surface area (Å²) in [6, 6.07) is 14.4. The average Bonchev–Trinajstić information content (AvgIpc) is 2.83. The van der Waals surface area contributed by atoms with Crippen molar-refractivity contribution in [1.29, 1.82) is 0 Å². The fourth-order valence-electron chi connectivity index (χ4n) is 4.14. The molecule has 0 aromatic heterocycles. The maximum atomic E-state index is 12.7. The smallest absolute Gasteiger partial charge is 0.336 e. The number of fused-ring (bicyclic) bond motifs is 3. The summed E-state index contributed by atoms with van der Waals surface area (Å²) < 4.78 is 5.31. The molecule has 0 atom stereocenters. The number of amides is 2. The number of rotatable bonds is 3. The van der Waals surface area contributed by atoms with Crippen LogP contribution in [0.4, 0.5) is 0 Å². The normalized spacial score (nSPS) is 15.4. The van der Waals surface area contributed by atoms with Crippen LogP contribution in [0.5, 0.6) is 0 Å². The van der Waals surface area contributed by atoms with Gasteiger partial charge < -0.3 is 14.7 Å². The molecule has 0 bridgehead atoms. The molecule has 0 saturated carbocycles. The van der Waals surface area contributed by atoms with Crippen molar-refractivity contribution in [3.8, 4) is 11.1 Å². The molecular weight excluding hydrogens is 408 g/mol. The molecule has 3 aromatic carbocycles. The highest BCUT2D eigenvalue weighted by Crippen LogP contribution is 2.25. The topological polar surface area (TPSA) is 98.0 Å². The molecule has 1 radical (unpaired) electrons. The Balaban J connectivity index is 1.57. The van der Waals surface area contributed by atoms with Crippen molar-refractivity contribution in [3.05, 3.63) is 70.1 Å². The van der Waals surface area contributed by atoms with E-state index in [1.54, 1.807) is 23.1 Å². The quantitative estimate of drug-likeness (QED) is 0.680. The fraction of sp³-hybridized carbons (Fsp3) is 0.160. The van der Waals surface area contributed by atoms with Gasteiger partial charge >= 0.3 is 5.97 Å². The Kier molecular flexibility index (Phi) is 4.95. The molecular formula is C25H19N2O5. The summed E-state index contributed by atoms with van der Waals surface area (Å²) in [7, 11) is 0. The van der Waals surface area contributed by atoms with Crippen molar-refractivity contribution >= 4 is 40.8 Å². The molecule has 32 heavy (non-hydrogen) atoms.